The molecule has 0 aliphatic carbocycles. The largest absolute Gasteiger partial charge is 0.462 e. The quantitative estimate of drug-likeness (QED) is 0.290. The molecule has 0 aliphatic heterocycles. The van der Waals surface area contributed by atoms with Crippen LogP contribution in [0.4, 0.5) is 17.1 Å². The molecule has 3 aromatic carbocycles. The van der Waals surface area contributed by atoms with Crippen LogP contribution in [0.15, 0.2) is 77.7 Å². The number of carbonyl (C=O) groups is 2. The van der Waals surface area contributed by atoms with E-state index in [0.717, 1.165) is 6.07 Å². The molecule has 3 aromatic rings. The first kappa shape index (κ1) is 23.4. The van der Waals surface area contributed by atoms with Crippen molar-refractivity contribution in [2.75, 3.05) is 16.6 Å². The Balaban J connectivity index is 1.79. The molecular formula is C22H19N3O7S. The SMILES string of the molecule is CCOC(=O)c1ccc(NS(=O)(=O)c2cccc(C(=O)Nc3ccccc3[N+](=O)[O-])c2)cc1. The van der Waals surface area contributed by atoms with Gasteiger partial charge in [0.15, 0.2) is 0 Å². The molecule has 0 spiro atoms. The number of para-hydroxylation sites is 2. The standard InChI is InChI=1S/C22H19N3O7S/c1-2-32-22(27)15-10-12-17(13-11-15)24-33(30,31)18-7-5-6-16(14-18)21(26)23-19-8-3-4-9-20(19)25(28)29/h3-14,24H,2H2,1H3,(H,23,26). The highest BCUT2D eigenvalue weighted by Crippen LogP contribution is 2.24. The van der Waals surface area contributed by atoms with Gasteiger partial charge in [-0.25, -0.2) is 13.2 Å². The van der Waals surface area contributed by atoms with Crippen LogP contribution in [0, 0.1) is 10.1 Å². The normalized spacial score (nSPS) is 10.8. The van der Waals surface area contributed by atoms with E-state index >= 15 is 0 Å². The van der Waals surface area contributed by atoms with Gasteiger partial charge in [0.1, 0.15) is 5.69 Å². The first-order valence-corrected chi connectivity index (χ1v) is 11.1. The number of nitro benzene ring substituents is 1. The molecule has 0 atom stereocenters. The molecule has 0 radical (unpaired) electrons. The highest BCUT2D eigenvalue weighted by atomic mass is 32.2. The second-order valence-corrected chi connectivity index (χ2v) is 8.34. The van der Waals surface area contributed by atoms with Crippen LogP contribution >= 0.6 is 0 Å². The first-order chi connectivity index (χ1) is 15.7. The lowest BCUT2D eigenvalue weighted by Crippen LogP contribution is -2.16. The number of nitro groups is 1. The zero-order chi connectivity index (χ0) is 24.0. The maximum absolute atomic E-state index is 12.8. The van der Waals surface area contributed by atoms with E-state index in [1.807, 2.05) is 0 Å². The van der Waals surface area contributed by atoms with Gasteiger partial charge in [-0.15, -0.1) is 0 Å². The minimum absolute atomic E-state index is 0.00585. The predicted molar refractivity (Wildman–Crippen MR) is 121 cm³/mol. The minimum Gasteiger partial charge on any atom is -0.462 e. The number of benzene rings is 3. The van der Waals surface area contributed by atoms with Gasteiger partial charge in [0.25, 0.3) is 21.6 Å². The summed E-state index contributed by atoms with van der Waals surface area (Å²) in [6.07, 6.45) is 0. The highest BCUT2D eigenvalue weighted by molar-refractivity contribution is 7.92. The summed E-state index contributed by atoms with van der Waals surface area (Å²) in [6.45, 7) is 1.89. The van der Waals surface area contributed by atoms with Gasteiger partial charge in [-0.1, -0.05) is 18.2 Å². The number of sulfonamides is 1. The van der Waals surface area contributed by atoms with E-state index < -0.39 is 26.8 Å². The van der Waals surface area contributed by atoms with Crippen molar-refractivity contribution < 1.29 is 27.7 Å². The molecule has 33 heavy (non-hydrogen) atoms. The number of carbonyl (C=O) groups excluding carboxylic acids is 2. The van der Waals surface area contributed by atoms with E-state index in [4.69, 9.17) is 4.74 Å². The van der Waals surface area contributed by atoms with Crippen molar-refractivity contribution >= 4 is 39.0 Å². The minimum atomic E-state index is -4.06. The van der Waals surface area contributed by atoms with Gasteiger partial charge in [0.2, 0.25) is 0 Å². The lowest BCUT2D eigenvalue weighted by molar-refractivity contribution is -0.383. The molecule has 0 aromatic heterocycles. The number of rotatable bonds is 8. The fourth-order valence-electron chi connectivity index (χ4n) is 2.84. The summed E-state index contributed by atoms with van der Waals surface area (Å²) in [7, 11) is -4.06. The third-order valence-corrected chi connectivity index (χ3v) is 5.78. The van der Waals surface area contributed by atoms with Crippen molar-refractivity contribution in [3.63, 3.8) is 0 Å². The summed E-state index contributed by atoms with van der Waals surface area (Å²) < 4.78 is 32.8. The average Bonchev–Trinajstić information content (AvgIpc) is 2.80. The van der Waals surface area contributed by atoms with Crippen molar-refractivity contribution in [3.05, 3.63) is 94.0 Å². The van der Waals surface area contributed by atoms with Gasteiger partial charge < -0.3 is 10.1 Å². The van der Waals surface area contributed by atoms with Gasteiger partial charge in [0.05, 0.1) is 22.0 Å². The van der Waals surface area contributed by atoms with Gasteiger partial charge in [-0.3, -0.25) is 19.6 Å². The fraction of sp³-hybridized carbons (Fsp3) is 0.0909. The van der Waals surface area contributed by atoms with Crippen molar-refractivity contribution in [1.29, 1.82) is 0 Å². The van der Waals surface area contributed by atoms with Crippen molar-refractivity contribution in [2.45, 2.75) is 11.8 Å². The van der Waals surface area contributed by atoms with Crippen LogP contribution < -0.4 is 10.0 Å². The third kappa shape index (κ3) is 5.71. The van der Waals surface area contributed by atoms with Gasteiger partial charge in [0, 0.05) is 17.3 Å². The summed E-state index contributed by atoms with van der Waals surface area (Å²) >= 11 is 0. The van der Waals surface area contributed by atoms with Gasteiger partial charge in [-0.2, -0.15) is 0 Å². The Hall–Kier alpha value is -4.25. The van der Waals surface area contributed by atoms with E-state index in [1.54, 1.807) is 6.92 Å². The van der Waals surface area contributed by atoms with Crippen molar-refractivity contribution in [2.24, 2.45) is 0 Å². The maximum Gasteiger partial charge on any atom is 0.338 e. The summed E-state index contributed by atoms with van der Waals surface area (Å²) in [5, 5.41) is 13.6. The smallest absolute Gasteiger partial charge is 0.338 e. The Bertz CT molecular complexity index is 1310. The van der Waals surface area contributed by atoms with Gasteiger partial charge >= 0.3 is 5.97 Å². The topological polar surface area (TPSA) is 145 Å². The van der Waals surface area contributed by atoms with Crippen molar-refractivity contribution in [3.8, 4) is 0 Å². The Morgan fingerprint density at radius 2 is 1.67 bits per heavy atom. The molecule has 11 heteroatoms. The van der Waals surface area contributed by atoms with E-state index in [-0.39, 0.29) is 39.7 Å². The molecule has 0 heterocycles. The number of ether oxygens (including phenoxy) is 1. The molecule has 2 N–H and O–H groups in total. The summed E-state index contributed by atoms with van der Waals surface area (Å²) in [6, 6.07) is 16.5. The fourth-order valence-corrected chi connectivity index (χ4v) is 3.94. The summed E-state index contributed by atoms with van der Waals surface area (Å²) in [4.78, 5) is 34.6. The molecule has 0 bridgehead atoms. The Morgan fingerprint density at radius 3 is 2.33 bits per heavy atom. The maximum atomic E-state index is 12.8. The van der Waals surface area contributed by atoms with E-state index in [2.05, 4.69) is 10.0 Å². The number of esters is 1. The molecule has 3 rings (SSSR count). The van der Waals surface area contributed by atoms with Crippen LogP contribution in [0.5, 0.6) is 0 Å². The zero-order valence-electron chi connectivity index (χ0n) is 17.3. The zero-order valence-corrected chi connectivity index (χ0v) is 18.2. The molecule has 10 nitrogen and oxygen atoms in total. The summed E-state index contributed by atoms with van der Waals surface area (Å²) in [5.41, 5.74) is 0.170. The second kappa shape index (κ2) is 9.92. The summed E-state index contributed by atoms with van der Waals surface area (Å²) in [5.74, 6) is -1.23. The molecule has 170 valence electrons. The van der Waals surface area contributed by atoms with Crippen LogP contribution in [0.2, 0.25) is 0 Å². The van der Waals surface area contributed by atoms with Crippen LogP contribution in [0.3, 0.4) is 0 Å². The third-order valence-electron chi connectivity index (χ3n) is 4.40. The number of amides is 1. The van der Waals surface area contributed by atoms with Crippen LogP contribution in [-0.2, 0) is 14.8 Å². The number of anilines is 2. The molecule has 0 saturated heterocycles. The molecule has 1 amide bonds. The van der Waals surface area contributed by atoms with E-state index in [9.17, 15) is 28.1 Å². The Labute approximate surface area is 189 Å². The highest BCUT2D eigenvalue weighted by Gasteiger charge is 2.19. The monoisotopic (exact) mass is 469 g/mol. The van der Waals surface area contributed by atoms with E-state index in [1.165, 1.54) is 66.7 Å². The lowest BCUT2D eigenvalue weighted by Gasteiger charge is -2.10. The predicted octanol–water partition coefficient (Wildman–Crippen LogP) is 3.82. The molecule has 0 saturated carbocycles. The van der Waals surface area contributed by atoms with E-state index in [0.29, 0.717) is 0 Å². The average molecular weight is 469 g/mol. The molecular weight excluding hydrogens is 450 g/mol. The number of hydrogen-bond acceptors (Lipinski definition) is 7. The lowest BCUT2D eigenvalue weighted by atomic mass is 10.2. The van der Waals surface area contributed by atoms with Crippen LogP contribution in [-0.4, -0.2) is 31.8 Å². The molecule has 0 fully saturated rings. The molecule has 0 aliphatic rings. The van der Waals surface area contributed by atoms with Crippen molar-refractivity contribution in [1.82, 2.24) is 0 Å². The number of hydrogen-bond donors (Lipinski definition) is 2. The Kier molecular flexibility index (Phi) is 7.04. The number of nitrogens with one attached hydrogen (secondary N) is 2. The number of nitrogens with zero attached hydrogens (tertiary/aromatic N) is 1. The first-order valence-electron chi connectivity index (χ1n) is 9.66. The molecule has 0 unspecified atom stereocenters. The Morgan fingerprint density at radius 1 is 0.970 bits per heavy atom. The van der Waals surface area contributed by atoms with Crippen LogP contribution in [0.25, 0.3) is 0 Å². The van der Waals surface area contributed by atoms with Crippen LogP contribution in [0.1, 0.15) is 27.6 Å². The van der Waals surface area contributed by atoms with Gasteiger partial charge in [-0.05, 0) is 55.5 Å². The second-order valence-electron chi connectivity index (χ2n) is 6.66.